The van der Waals surface area contributed by atoms with Crippen molar-refractivity contribution in [2.45, 2.75) is 26.3 Å². The van der Waals surface area contributed by atoms with Crippen LogP contribution in [0.3, 0.4) is 0 Å². The highest BCUT2D eigenvalue weighted by atomic mass is 32.2. The van der Waals surface area contributed by atoms with Gasteiger partial charge in [0.15, 0.2) is 16.4 Å². The smallest absolute Gasteiger partial charge is 0.270 e. The summed E-state index contributed by atoms with van der Waals surface area (Å²) in [4.78, 5) is 13.0. The minimum absolute atomic E-state index is 0.0384. The Bertz CT molecular complexity index is 1450. The molecule has 0 spiro atoms. The molecule has 1 aliphatic heterocycles. The van der Waals surface area contributed by atoms with Gasteiger partial charge in [0.05, 0.1) is 26.5 Å². The number of amides is 1. The number of sulfonamides is 1. The van der Waals surface area contributed by atoms with Gasteiger partial charge >= 0.3 is 0 Å². The topological polar surface area (TPSA) is 84.9 Å². The second kappa shape index (κ2) is 10.6. The molecule has 0 bridgehead atoms. The summed E-state index contributed by atoms with van der Waals surface area (Å²) in [6.07, 6.45) is 0. The number of anilines is 1. The first-order valence-corrected chi connectivity index (χ1v) is 13.2. The number of rotatable bonds is 8. The van der Waals surface area contributed by atoms with E-state index in [0.29, 0.717) is 17.1 Å². The summed E-state index contributed by atoms with van der Waals surface area (Å²) in [7, 11) is -1.45. The molecule has 1 heterocycles. The molecule has 0 aliphatic carbocycles. The van der Waals surface area contributed by atoms with Crippen molar-refractivity contribution in [2.24, 2.45) is 0 Å². The van der Waals surface area contributed by atoms with Gasteiger partial charge in [-0.2, -0.15) is 0 Å². The van der Waals surface area contributed by atoms with Crippen molar-refractivity contribution < 1.29 is 27.1 Å². The minimum atomic E-state index is -4.36. The first kappa shape index (κ1) is 26.2. The third kappa shape index (κ3) is 5.04. The number of benzene rings is 3. The highest BCUT2D eigenvalue weighted by Gasteiger charge is 2.40. The molecule has 1 amide bonds. The van der Waals surface area contributed by atoms with Crippen molar-refractivity contribution in [2.75, 3.05) is 25.1 Å². The molecule has 0 aromatic heterocycles. The van der Waals surface area contributed by atoms with Gasteiger partial charge in [-0.05, 0) is 36.1 Å². The molecule has 1 N–H and O–H groups in total. The van der Waals surface area contributed by atoms with Crippen LogP contribution in [0.25, 0.3) is 5.57 Å². The van der Waals surface area contributed by atoms with Gasteiger partial charge in [0, 0.05) is 23.7 Å². The predicted octanol–water partition coefficient (Wildman–Crippen LogP) is 4.84. The van der Waals surface area contributed by atoms with E-state index in [2.05, 4.69) is 5.32 Å². The zero-order valence-corrected chi connectivity index (χ0v) is 21.9. The molecule has 7 nitrogen and oxygen atoms in total. The van der Waals surface area contributed by atoms with Crippen LogP contribution in [0.4, 0.5) is 10.1 Å². The standard InChI is InChI=1S/C28H29FN2O5S/c1-18(20-10-6-5-7-11-20)16-30-28(32)27-19(2)22-14-25(35-3)26(36-4)15-24(22)31(37(27,33)34)17-21-12-8-9-13-23(21)29/h5-15,18H,16-17H2,1-4H3,(H,30,32)/t18-/m0/s1. The number of fused-ring (bicyclic) bond motifs is 1. The second-order valence-electron chi connectivity index (χ2n) is 8.80. The minimum Gasteiger partial charge on any atom is -0.493 e. The number of halogens is 1. The van der Waals surface area contributed by atoms with Crippen LogP contribution in [-0.4, -0.2) is 35.1 Å². The van der Waals surface area contributed by atoms with Crippen LogP contribution in [0.5, 0.6) is 11.5 Å². The van der Waals surface area contributed by atoms with Gasteiger partial charge in [-0.3, -0.25) is 9.10 Å². The lowest BCUT2D eigenvalue weighted by molar-refractivity contribution is -0.116. The fourth-order valence-corrected chi connectivity index (χ4v) is 6.14. The summed E-state index contributed by atoms with van der Waals surface area (Å²) in [6, 6.07) is 18.7. The fourth-order valence-electron chi connectivity index (χ4n) is 4.39. The Labute approximate surface area is 216 Å². The van der Waals surface area contributed by atoms with Gasteiger partial charge in [0.25, 0.3) is 15.9 Å². The number of methoxy groups -OCH3 is 2. The summed E-state index contributed by atoms with van der Waals surface area (Å²) in [5.41, 5.74) is 2.20. The molecule has 1 aliphatic rings. The Balaban J connectivity index is 1.79. The van der Waals surface area contributed by atoms with Gasteiger partial charge in [-0.1, -0.05) is 55.5 Å². The molecule has 37 heavy (non-hydrogen) atoms. The van der Waals surface area contributed by atoms with E-state index in [9.17, 15) is 17.6 Å². The van der Waals surface area contributed by atoms with Crippen LogP contribution < -0.4 is 19.1 Å². The zero-order valence-electron chi connectivity index (χ0n) is 21.1. The van der Waals surface area contributed by atoms with E-state index in [0.717, 1.165) is 9.87 Å². The van der Waals surface area contributed by atoms with Crippen LogP contribution in [-0.2, 0) is 21.4 Å². The molecule has 0 saturated heterocycles. The van der Waals surface area contributed by atoms with E-state index >= 15 is 0 Å². The molecule has 3 aromatic rings. The monoisotopic (exact) mass is 524 g/mol. The molecule has 0 unspecified atom stereocenters. The van der Waals surface area contributed by atoms with Crippen molar-refractivity contribution in [3.05, 3.63) is 94.1 Å². The largest absolute Gasteiger partial charge is 0.493 e. The summed E-state index contributed by atoms with van der Waals surface area (Å²) in [5.74, 6) is -0.619. The van der Waals surface area contributed by atoms with E-state index in [-0.39, 0.29) is 40.7 Å². The van der Waals surface area contributed by atoms with Gasteiger partial charge in [-0.25, -0.2) is 12.8 Å². The first-order valence-electron chi connectivity index (χ1n) is 11.8. The summed E-state index contributed by atoms with van der Waals surface area (Å²) >= 11 is 0. The maximum atomic E-state index is 14.6. The number of hydrogen-bond donors (Lipinski definition) is 1. The third-order valence-electron chi connectivity index (χ3n) is 6.48. The Kier molecular flexibility index (Phi) is 7.54. The Morgan fingerprint density at radius 1 is 1.00 bits per heavy atom. The molecule has 194 valence electrons. The summed E-state index contributed by atoms with van der Waals surface area (Å²) < 4.78 is 54.3. The number of carbonyl (C=O) groups is 1. The summed E-state index contributed by atoms with van der Waals surface area (Å²) in [6.45, 7) is 3.46. The molecule has 0 saturated carbocycles. The SMILES string of the molecule is COc1cc2c(cc1OC)N(Cc1ccccc1F)S(=O)(=O)C(C(=O)NC[C@H](C)c1ccccc1)=C2C. The Morgan fingerprint density at radius 2 is 1.62 bits per heavy atom. The van der Waals surface area contributed by atoms with E-state index in [1.165, 1.54) is 38.5 Å². The highest BCUT2D eigenvalue weighted by Crippen LogP contribution is 2.45. The number of hydrogen-bond acceptors (Lipinski definition) is 5. The maximum absolute atomic E-state index is 14.6. The molecule has 0 fully saturated rings. The fraction of sp³-hybridized carbons (Fsp3) is 0.250. The lowest BCUT2D eigenvalue weighted by Gasteiger charge is -2.33. The number of nitrogens with one attached hydrogen (secondary N) is 1. The zero-order chi connectivity index (χ0) is 26.7. The van der Waals surface area contributed by atoms with Crippen LogP contribution in [0.15, 0.2) is 71.6 Å². The number of carbonyl (C=O) groups excluding carboxylic acids is 1. The van der Waals surface area contributed by atoms with Crippen LogP contribution >= 0.6 is 0 Å². The molecular weight excluding hydrogens is 495 g/mol. The van der Waals surface area contributed by atoms with Crippen LogP contribution in [0, 0.1) is 5.82 Å². The van der Waals surface area contributed by atoms with Gasteiger partial charge < -0.3 is 14.8 Å². The molecule has 1 atom stereocenters. The lowest BCUT2D eigenvalue weighted by Crippen LogP contribution is -2.41. The molecule has 9 heteroatoms. The van der Waals surface area contributed by atoms with E-state index in [1.807, 2.05) is 37.3 Å². The van der Waals surface area contributed by atoms with Crippen molar-refractivity contribution in [3.63, 3.8) is 0 Å². The number of nitrogens with zero attached hydrogens (tertiary/aromatic N) is 1. The predicted molar refractivity (Wildman–Crippen MR) is 142 cm³/mol. The molecule has 4 rings (SSSR count). The number of allylic oxidation sites excluding steroid dienone is 1. The lowest BCUT2D eigenvalue weighted by atomic mass is 10.0. The van der Waals surface area contributed by atoms with Gasteiger partial charge in [0.1, 0.15) is 5.82 Å². The normalized spacial score (nSPS) is 15.1. The van der Waals surface area contributed by atoms with Crippen molar-refractivity contribution in [3.8, 4) is 11.5 Å². The highest BCUT2D eigenvalue weighted by molar-refractivity contribution is 7.97. The molecule has 3 aromatic carbocycles. The summed E-state index contributed by atoms with van der Waals surface area (Å²) in [5, 5.41) is 2.78. The van der Waals surface area contributed by atoms with Crippen molar-refractivity contribution in [1.29, 1.82) is 0 Å². The Morgan fingerprint density at radius 3 is 2.27 bits per heavy atom. The van der Waals surface area contributed by atoms with Crippen LogP contribution in [0.2, 0.25) is 0 Å². The Hall–Kier alpha value is -3.85. The second-order valence-corrected chi connectivity index (χ2v) is 10.6. The maximum Gasteiger partial charge on any atom is 0.270 e. The molecule has 0 radical (unpaired) electrons. The quantitative estimate of drug-likeness (QED) is 0.456. The average molecular weight is 525 g/mol. The van der Waals surface area contributed by atoms with Gasteiger partial charge in [0.2, 0.25) is 0 Å². The van der Waals surface area contributed by atoms with E-state index in [1.54, 1.807) is 19.1 Å². The molecular formula is C28H29FN2O5S. The van der Waals surface area contributed by atoms with Gasteiger partial charge in [-0.15, -0.1) is 0 Å². The average Bonchev–Trinajstić information content (AvgIpc) is 2.90. The van der Waals surface area contributed by atoms with E-state index in [4.69, 9.17) is 9.47 Å². The van der Waals surface area contributed by atoms with Crippen molar-refractivity contribution >= 4 is 27.2 Å². The third-order valence-corrected chi connectivity index (χ3v) is 8.39. The first-order chi connectivity index (χ1) is 17.7. The van der Waals surface area contributed by atoms with Crippen LogP contribution in [0.1, 0.15) is 36.5 Å². The van der Waals surface area contributed by atoms with E-state index < -0.39 is 21.7 Å². The van der Waals surface area contributed by atoms with Crippen molar-refractivity contribution in [1.82, 2.24) is 5.32 Å². The number of ether oxygens (including phenoxy) is 2.